The highest BCUT2D eigenvalue weighted by Crippen LogP contribution is 2.21. The Hall–Kier alpha value is -1.82. The fraction of sp³-hybridized carbons (Fsp3) is 0.316. The zero-order valence-electron chi connectivity index (χ0n) is 14.7. The van der Waals surface area contributed by atoms with Gasteiger partial charge in [0, 0.05) is 23.1 Å². The van der Waals surface area contributed by atoms with Crippen LogP contribution in [0.1, 0.15) is 11.1 Å². The summed E-state index contributed by atoms with van der Waals surface area (Å²) in [5.74, 6) is -0.315. The number of rotatable bonds is 8. The second-order valence-corrected chi connectivity index (χ2v) is 6.82. The van der Waals surface area contributed by atoms with Gasteiger partial charge in [0.05, 0.1) is 13.7 Å². The SMILES string of the molecule is COc1ccc(CN(C)CC(=O)NCCc2ccc(Cl)cc2Cl)cc1F. The highest BCUT2D eigenvalue weighted by atomic mass is 35.5. The zero-order chi connectivity index (χ0) is 19.1. The molecular formula is C19H21Cl2FN2O2. The van der Waals surface area contributed by atoms with Gasteiger partial charge in [0.15, 0.2) is 11.6 Å². The lowest BCUT2D eigenvalue weighted by atomic mass is 10.1. The van der Waals surface area contributed by atoms with Gasteiger partial charge in [0.25, 0.3) is 0 Å². The molecule has 0 radical (unpaired) electrons. The monoisotopic (exact) mass is 398 g/mol. The Kier molecular flexibility index (Phi) is 7.69. The fourth-order valence-electron chi connectivity index (χ4n) is 2.54. The summed E-state index contributed by atoms with van der Waals surface area (Å²) >= 11 is 12.0. The normalized spacial score (nSPS) is 10.8. The molecule has 2 aromatic rings. The third kappa shape index (κ3) is 6.16. The van der Waals surface area contributed by atoms with Gasteiger partial charge in [-0.2, -0.15) is 0 Å². The lowest BCUT2D eigenvalue weighted by Crippen LogP contribution is -2.35. The first-order valence-electron chi connectivity index (χ1n) is 8.10. The maximum absolute atomic E-state index is 13.7. The molecule has 0 atom stereocenters. The van der Waals surface area contributed by atoms with Gasteiger partial charge >= 0.3 is 0 Å². The summed E-state index contributed by atoms with van der Waals surface area (Å²) < 4.78 is 18.6. The summed E-state index contributed by atoms with van der Waals surface area (Å²) in [6.45, 7) is 1.14. The topological polar surface area (TPSA) is 41.6 Å². The largest absolute Gasteiger partial charge is 0.494 e. The van der Waals surface area contributed by atoms with Crippen molar-refractivity contribution >= 4 is 29.1 Å². The number of methoxy groups -OCH3 is 1. The second kappa shape index (κ2) is 9.76. The number of nitrogens with zero attached hydrogens (tertiary/aromatic N) is 1. The Balaban J connectivity index is 1.77. The van der Waals surface area contributed by atoms with Gasteiger partial charge in [-0.25, -0.2) is 4.39 Å². The molecule has 0 saturated carbocycles. The quantitative estimate of drug-likeness (QED) is 0.732. The first-order valence-corrected chi connectivity index (χ1v) is 8.86. The molecule has 0 heterocycles. The van der Waals surface area contributed by atoms with E-state index in [-0.39, 0.29) is 18.2 Å². The van der Waals surface area contributed by atoms with Crippen LogP contribution < -0.4 is 10.1 Å². The minimum atomic E-state index is -0.414. The summed E-state index contributed by atoms with van der Waals surface area (Å²) in [6, 6.07) is 10.1. The average Bonchev–Trinajstić information content (AvgIpc) is 2.57. The van der Waals surface area contributed by atoms with E-state index in [9.17, 15) is 9.18 Å². The van der Waals surface area contributed by atoms with Gasteiger partial charge in [0.2, 0.25) is 5.91 Å². The predicted octanol–water partition coefficient (Wildman–Crippen LogP) is 3.93. The van der Waals surface area contributed by atoms with Crippen molar-refractivity contribution in [3.63, 3.8) is 0 Å². The third-order valence-electron chi connectivity index (χ3n) is 3.81. The van der Waals surface area contributed by atoms with Gasteiger partial charge in [-0.05, 0) is 48.9 Å². The maximum atomic E-state index is 13.7. The first-order chi connectivity index (χ1) is 12.4. The molecule has 0 bridgehead atoms. The van der Waals surface area contributed by atoms with E-state index in [0.29, 0.717) is 29.6 Å². The molecule has 1 amide bonds. The summed E-state index contributed by atoms with van der Waals surface area (Å²) in [7, 11) is 3.23. The Morgan fingerprint density at radius 3 is 2.65 bits per heavy atom. The average molecular weight is 399 g/mol. The van der Waals surface area contributed by atoms with E-state index in [1.807, 2.05) is 11.0 Å². The van der Waals surface area contributed by atoms with Gasteiger partial charge < -0.3 is 10.1 Å². The zero-order valence-corrected chi connectivity index (χ0v) is 16.2. The Morgan fingerprint density at radius 2 is 2.00 bits per heavy atom. The van der Waals surface area contributed by atoms with Crippen LogP contribution in [0.3, 0.4) is 0 Å². The number of nitrogens with one attached hydrogen (secondary N) is 1. The first kappa shape index (κ1) is 20.5. The highest BCUT2D eigenvalue weighted by Gasteiger charge is 2.10. The van der Waals surface area contributed by atoms with E-state index in [0.717, 1.165) is 11.1 Å². The molecule has 140 valence electrons. The molecule has 26 heavy (non-hydrogen) atoms. The lowest BCUT2D eigenvalue weighted by molar-refractivity contribution is -0.122. The van der Waals surface area contributed by atoms with Crippen LogP contribution in [-0.2, 0) is 17.8 Å². The number of benzene rings is 2. The van der Waals surface area contributed by atoms with E-state index in [4.69, 9.17) is 27.9 Å². The van der Waals surface area contributed by atoms with Crippen molar-refractivity contribution in [1.82, 2.24) is 10.2 Å². The smallest absolute Gasteiger partial charge is 0.234 e. The van der Waals surface area contributed by atoms with Crippen LogP contribution in [0.15, 0.2) is 36.4 Å². The molecule has 0 spiro atoms. The van der Waals surface area contributed by atoms with Gasteiger partial charge in [-0.15, -0.1) is 0 Å². The van der Waals surface area contributed by atoms with E-state index < -0.39 is 5.82 Å². The van der Waals surface area contributed by atoms with Crippen LogP contribution >= 0.6 is 23.2 Å². The van der Waals surface area contributed by atoms with Crippen molar-refractivity contribution in [3.05, 3.63) is 63.4 Å². The molecule has 0 aliphatic carbocycles. The summed E-state index contributed by atoms with van der Waals surface area (Å²) in [5.41, 5.74) is 1.70. The molecule has 4 nitrogen and oxygen atoms in total. The number of hydrogen-bond donors (Lipinski definition) is 1. The molecule has 0 saturated heterocycles. The molecule has 7 heteroatoms. The Morgan fingerprint density at radius 1 is 1.23 bits per heavy atom. The number of hydrogen-bond acceptors (Lipinski definition) is 3. The van der Waals surface area contributed by atoms with Crippen LogP contribution in [0.4, 0.5) is 4.39 Å². The minimum Gasteiger partial charge on any atom is -0.494 e. The van der Waals surface area contributed by atoms with Crippen LogP contribution in [0.25, 0.3) is 0 Å². The molecule has 0 fully saturated rings. The predicted molar refractivity (Wildman–Crippen MR) is 102 cm³/mol. The number of amides is 1. The molecule has 0 aliphatic heterocycles. The van der Waals surface area contributed by atoms with Crippen molar-refractivity contribution in [2.75, 3.05) is 27.2 Å². The van der Waals surface area contributed by atoms with Crippen molar-refractivity contribution in [1.29, 1.82) is 0 Å². The third-order valence-corrected chi connectivity index (χ3v) is 4.40. The number of carbonyl (C=O) groups excluding carboxylic acids is 1. The van der Waals surface area contributed by atoms with Gasteiger partial charge in [0.1, 0.15) is 0 Å². The molecule has 2 aromatic carbocycles. The number of carbonyl (C=O) groups is 1. The highest BCUT2D eigenvalue weighted by molar-refractivity contribution is 6.35. The maximum Gasteiger partial charge on any atom is 0.234 e. The molecule has 0 unspecified atom stereocenters. The minimum absolute atomic E-state index is 0.105. The van der Waals surface area contributed by atoms with Gasteiger partial charge in [-0.3, -0.25) is 9.69 Å². The van der Waals surface area contributed by atoms with Crippen molar-refractivity contribution in [2.24, 2.45) is 0 Å². The lowest BCUT2D eigenvalue weighted by Gasteiger charge is -2.17. The van der Waals surface area contributed by atoms with Crippen LogP contribution in [-0.4, -0.2) is 38.1 Å². The van der Waals surface area contributed by atoms with E-state index in [1.54, 1.807) is 31.3 Å². The fourth-order valence-corrected chi connectivity index (χ4v) is 3.04. The summed E-state index contributed by atoms with van der Waals surface area (Å²) in [6.07, 6.45) is 0.620. The molecule has 1 N–H and O–H groups in total. The Labute approximate surface area is 162 Å². The molecule has 2 rings (SSSR count). The van der Waals surface area contributed by atoms with E-state index in [2.05, 4.69) is 5.32 Å². The van der Waals surface area contributed by atoms with Crippen LogP contribution in [0, 0.1) is 5.82 Å². The Bertz CT molecular complexity index is 771. The molecule has 0 aromatic heterocycles. The van der Waals surface area contributed by atoms with E-state index in [1.165, 1.54) is 13.2 Å². The second-order valence-electron chi connectivity index (χ2n) is 5.98. The van der Waals surface area contributed by atoms with Crippen molar-refractivity contribution in [3.8, 4) is 5.75 Å². The summed E-state index contributed by atoms with van der Waals surface area (Å²) in [4.78, 5) is 13.9. The van der Waals surface area contributed by atoms with Crippen molar-refractivity contribution < 1.29 is 13.9 Å². The standard InChI is InChI=1S/C19H21Cl2FN2O2/c1-24(11-13-3-6-18(26-2)17(22)9-13)12-19(25)23-8-7-14-4-5-15(20)10-16(14)21/h3-6,9-10H,7-8,11-12H2,1-2H3,(H,23,25). The van der Waals surface area contributed by atoms with E-state index >= 15 is 0 Å². The van der Waals surface area contributed by atoms with Crippen LogP contribution in [0.2, 0.25) is 10.0 Å². The van der Waals surface area contributed by atoms with Crippen molar-refractivity contribution in [2.45, 2.75) is 13.0 Å². The number of ether oxygens (including phenoxy) is 1. The molecule has 0 aliphatic rings. The number of halogens is 3. The number of likely N-dealkylation sites (N-methyl/N-ethyl adjacent to an activating group) is 1. The van der Waals surface area contributed by atoms with Crippen LogP contribution in [0.5, 0.6) is 5.75 Å². The molecular weight excluding hydrogens is 378 g/mol. The summed E-state index contributed by atoms with van der Waals surface area (Å²) in [5, 5.41) is 4.02. The van der Waals surface area contributed by atoms with Gasteiger partial charge in [-0.1, -0.05) is 35.3 Å².